The van der Waals surface area contributed by atoms with Gasteiger partial charge in [0.15, 0.2) is 0 Å². The lowest BCUT2D eigenvalue weighted by atomic mass is 10.1. The molecule has 0 spiro atoms. The van der Waals surface area contributed by atoms with Crippen molar-refractivity contribution in [2.75, 3.05) is 5.32 Å². The van der Waals surface area contributed by atoms with Crippen molar-refractivity contribution < 1.29 is 9.90 Å². The average Bonchev–Trinajstić information content (AvgIpc) is 2.57. The highest BCUT2D eigenvalue weighted by Gasteiger charge is 2.09. The van der Waals surface area contributed by atoms with Crippen molar-refractivity contribution in [1.29, 1.82) is 0 Å². The van der Waals surface area contributed by atoms with Gasteiger partial charge in [-0.15, -0.1) is 0 Å². The predicted octanol–water partition coefficient (Wildman–Crippen LogP) is 6.99. The maximum absolute atomic E-state index is 12.0. The van der Waals surface area contributed by atoms with E-state index in [-0.39, 0.29) is 11.7 Å². The zero-order valence-electron chi connectivity index (χ0n) is 15.9. The molecular weight excluding hydrogens is 334 g/mol. The highest BCUT2D eigenvalue weighted by molar-refractivity contribution is 6.31. The first-order chi connectivity index (χ1) is 12.0. The molecule has 1 amide bonds. The second-order valence-electron chi connectivity index (χ2n) is 6.95. The smallest absolute Gasteiger partial charge is 0.224 e. The van der Waals surface area contributed by atoms with Gasteiger partial charge in [0.05, 0.1) is 5.69 Å². The number of carbonyl (C=O) groups is 1. The molecule has 0 aliphatic carbocycles. The number of carbonyl (C=O) groups excluding carboxylic acids is 1. The van der Waals surface area contributed by atoms with Gasteiger partial charge in [0.1, 0.15) is 5.75 Å². The third kappa shape index (κ3) is 9.74. The summed E-state index contributed by atoms with van der Waals surface area (Å²) in [6.07, 6.45) is 14.4. The lowest BCUT2D eigenvalue weighted by Crippen LogP contribution is -2.11. The molecule has 0 unspecified atom stereocenters. The number of anilines is 1. The van der Waals surface area contributed by atoms with Crippen molar-refractivity contribution in [2.24, 2.45) is 0 Å². The maximum atomic E-state index is 12.0. The van der Waals surface area contributed by atoms with Gasteiger partial charge in [-0.05, 0) is 31.0 Å². The van der Waals surface area contributed by atoms with E-state index in [0.717, 1.165) is 18.4 Å². The van der Waals surface area contributed by atoms with Crippen LogP contribution in [0.2, 0.25) is 5.02 Å². The SMILES string of the molecule is CCCCCCCCCCCCCC(=O)Nc1cc(Cl)c(C)cc1O. The molecule has 0 atom stereocenters. The zero-order valence-corrected chi connectivity index (χ0v) is 16.6. The third-order valence-electron chi connectivity index (χ3n) is 4.56. The molecular formula is C21H34ClNO2. The van der Waals surface area contributed by atoms with Crippen LogP contribution in [-0.2, 0) is 4.79 Å². The molecule has 1 aromatic rings. The number of benzene rings is 1. The number of nitrogens with one attached hydrogen (secondary N) is 1. The number of phenols is 1. The number of rotatable bonds is 13. The first-order valence-corrected chi connectivity index (χ1v) is 10.2. The fourth-order valence-electron chi connectivity index (χ4n) is 2.93. The fraction of sp³-hybridized carbons (Fsp3) is 0.667. The van der Waals surface area contributed by atoms with Gasteiger partial charge in [0.25, 0.3) is 0 Å². The standard InChI is InChI=1S/C21H34ClNO2/c1-3-4-5-6-7-8-9-10-11-12-13-14-21(25)23-19-16-18(22)17(2)15-20(19)24/h15-16,24H,3-14H2,1-2H3,(H,23,25). The van der Waals surface area contributed by atoms with Crippen LogP contribution >= 0.6 is 11.6 Å². The summed E-state index contributed by atoms with van der Waals surface area (Å²) in [4.78, 5) is 12.0. The van der Waals surface area contributed by atoms with Gasteiger partial charge in [-0.1, -0.05) is 82.7 Å². The summed E-state index contributed by atoms with van der Waals surface area (Å²) < 4.78 is 0. The van der Waals surface area contributed by atoms with E-state index < -0.39 is 0 Å². The van der Waals surface area contributed by atoms with E-state index in [9.17, 15) is 9.90 Å². The number of unbranched alkanes of at least 4 members (excludes halogenated alkanes) is 10. The van der Waals surface area contributed by atoms with Crippen LogP contribution in [0.4, 0.5) is 5.69 Å². The van der Waals surface area contributed by atoms with Crippen LogP contribution in [0, 0.1) is 6.92 Å². The summed E-state index contributed by atoms with van der Waals surface area (Å²) in [5.74, 6) is 0.000306. The van der Waals surface area contributed by atoms with Crippen LogP contribution in [0.3, 0.4) is 0 Å². The molecule has 25 heavy (non-hydrogen) atoms. The number of aryl methyl sites for hydroxylation is 1. The first-order valence-electron chi connectivity index (χ1n) is 9.83. The Hall–Kier alpha value is -1.22. The Morgan fingerprint density at radius 1 is 0.960 bits per heavy atom. The minimum absolute atomic E-state index is 0.0638. The van der Waals surface area contributed by atoms with E-state index in [1.807, 2.05) is 6.92 Å². The Morgan fingerprint density at radius 2 is 1.48 bits per heavy atom. The Balaban J connectivity index is 2.05. The monoisotopic (exact) mass is 367 g/mol. The van der Waals surface area contributed by atoms with E-state index in [4.69, 9.17) is 11.6 Å². The van der Waals surface area contributed by atoms with Crippen LogP contribution in [0.25, 0.3) is 0 Å². The van der Waals surface area contributed by atoms with Crippen LogP contribution in [0.15, 0.2) is 12.1 Å². The minimum Gasteiger partial charge on any atom is -0.506 e. The van der Waals surface area contributed by atoms with Crippen LogP contribution in [0.5, 0.6) is 5.75 Å². The lowest BCUT2D eigenvalue weighted by molar-refractivity contribution is -0.116. The third-order valence-corrected chi connectivity index (χ3v) is 4.97. The Kier molecular flexibility index (Phi) is 11.4. The van der Waals surface area contributed by atoms with Gasteiger partial charge in [0.2, 0.25) is 5.91 Å². The predicted molar refractivity (Wildman–Crippen MR) is 108 cm³/mol. The van der Waals surface area contributed by atoms with E-state index in [1.165, 1.54) is 57.8 Å². The van der Waals surface area contributed by atoms with Gasteiger partial charge in [0, 0.05) is 11.4 Å². The molecule has 0 aliphatic rings. The molecule has 3 nitrogen and oxygen atoms in total. The molecule has 1 rings (SSSR count). The van der Waals surface area contributed by atoms with Crippen molar-refractivity contribution in [3.63, 3.8) is 0 Å². The van der Waals surface area contributed by atoms with Gasteiger partial charge >= 0.3 is 0 Å². The van der Waals surface area contributed by atoms with Gasteiger partial charge in [-0.2, -0.15) is 0 Å². The van der Waals surface area contributed by atoms with Crippen LogP contribution in [0.1, 0.15) is 89.5 Å². The van der Waals surface area contributed by atoms with E-state index in [0.29, 0.717) is 17.1 Å². The number of aromatic hydroxyl groups is 1. The summed E-state index contributed by atoms with van der Waals surface area (Å²) in [5.41, 5.74) is 1.19. The largest absolute Gasteiger partial charge is 0.506 e. The van der Waals surface area contributed by atoms with Gasteiger partial charge < -0.3 is 10.4 Å². The van der Waals surface area contributed by atoms with Crippen LogP contribution in [-0.4, -0.2) is 11.0 Å². The summed E-state index contributed by atoms with van der Waals surface area (Å²) in [6, 6.07) is 3.17. The second-order valence-corrected chi connectivity index (χ2v) is 7.36. The molecule has 0 radical (unpaired) electrons. The number of amides is 1. The lowest BCUT2D eigenvalue weighted by Gasteiger charge is -2.09. The molecule has 0 aromatic heterocycles. The Morgan fingerprint density at radius 3 is 2.04 bits per heavy atom. The molecule has 0 fully saturated rings. The van der Waals surface area contributed by atoms with Crippen molar-refractivity contribution in [3.8, 4) is 5.75 Å². The van der Waals surface area contributed by atoms with Crippen molar-refractivity contribution >= 4 is 23.2 Å². The fourth-order valence-corrected chi connectivity index (χ4v) is 3.09. The van der Waals surface area contributed by atoms with E-state index in [2.05, 4.69) is 12.2 Å². The summed E-state index contributed by atoms with van der Waals surface area (Å²) in [6.45, 7) is 4.07. The number of hydrogen-bond donors (Lipinski definition) is 2. The number of phenolic OH excluding ortho intramolecular Hbond substituents is 1. The van der Waals surface area contributed by atoms with E-state index >= 15 is 0 Å². The quantitative estimate of drug-likeness (QED) is 0.291. The minimum atomic E-state index is -0.0638. The molecule has 0 bridgehead atoms. The van der Waals surface area contributed by atoms with Gasteiger partial charge in [-0.3, -0.25) is 4.79 Å². The maximum Gasteiger partial charge on any atom is 0.224 e. The molecule has 2 N–H and O–H groups in total. The Labute approximate surface area is 158 Å². The average molecular weight is 368 g/mol. The normalized spacial score (nSPS) is 10.8. The van der Waals surface area contributed by atoms with Crippen molar-refractivity contribution in [3.05, 3.63) is 22.7 Å². The van der Waals surface area contributed by atoms with Crippen molar-refractivity contribution in [2.45, 2.75) is 90.9 Å². The van der Waals surface area contributed by atoms with Crippen LogP contribution < -0.4 is 5.32 Å². The molecule has 0 saturated carbocycles. The molecule has 0 heterocycles. The van der Waals surface area contributed by atoms with Crippen molar-refractivity contribution in [1.82, 2.24) is 0 Å². The summed E-state index contributed by atoms with van der Waals surface area (Å²) >= 11 is 6.03. The topological polar surface area (TPSA) is 49.3 Å². The molecule has 142 valence electrons. The zero-order chi connectivity index (χ0) is 18.5. The number of hydrogen-bond acceptors (Lipinski definition) is 2. The number of halogens is 1. The molecule has 0 saturated heterocycles. The molecule has 1 aromatic carbocycles. The summed E-state index contributed by atoms with van der Waals surface area (Å²) in [7, 11) is 0. The first kappa shape index (κ1) is 21.8. The summed E-state index contributed by atoms with van der Waals surface area (Å²) in [5, 5.41) is 13.1. The highest BCUT2D eigenvalue weighted by atomic mass is 35.5. The second kappa shape index (κ2) is 13.0. The van der Waals surface area contributed by atoms with E-state index in [1.54, 1.807) is 12.1 Å². The van der Waals surface area contributed by atoms with Gasteiger partial charge in [-0.25, -0.2) is 0 Å². The Bertz CT molecular complexity index is 517. The molecule has 0 aliphatic heterocycles. The highest BCUT2D eigenvalue weighted by Crippen LogP contribution is 2.30. The molecule has 4 heteroatoms.